The number of hydrogen-bond donors (Lipinski definition) is 0. The average Bonchev–Trinajstić information content (AvgIpc) is 3.57. The number of nitrogens with zero attached hydrogens (tertiary/aromatic N) is 2. The molecule has 1 aromatic heterocycles. The van der Waals surface area contributed by atoms with Gasteiger partial charge in [-0.15, -0.1) is 0 Å². The molecule has 0 bridgehead atoms. The lowest BCUT2D eigenvalue weighted by Gasteiger charge is -2.26. The van der Waals surface area contributed by atoms with Crippen molar-refractivity contribution in [3.05, 3.63) is 89.2 Å². The predicted molar refractivity (Wildman–Crippen MR) is 133 cm³/mol. The second-order valence-electron chi connectivity index (χ2n) is 8.10. The van der Waals surface area contributed by atoms with Gasteiger partial charge >= 0.3 is 0 Å². The van der Waals surface area contributed by atoms with E-state index in [0.717, 1.165) is 20.8 Å². The van der Waals surface area contributed by atoms with Gasteiger partial charge in [-0.1, -0.05) is 36.4 Å². The molecule has 2 heterocycles. The van der Waals surface area contributed by atoms with Gasteiger partial charge in [0, 0.05) is 25.6 Å². The highest BCUT2D eigenvalue weighted by molar-refractivity contribution is 7.92. The lowest BCUT2D eigenvalue weighted by atomic mass is 10.2. The zero-order valence-electron chi connectivity index (χ0n) is 19.9. The van der Waals surface area contributed by atoms with Crippen molar-refractivity contribution in [3.8, 4) is 11.5 Å². The van der Waals surface area contributed by atoms with Crippen LogP contribution in [-0.4, -0.2) is 57.1 Å². The normalized spacial score (nSPS) is 12.9. The molecule has 36 heavy (non-hydrogen) atoms. The first-order chi connectivity index (χ1) is 17.4. The number of fused-ring (bicyclic) bond motifs is 1. The van der Waals surface area contributed by atoms with Crippen molar-refractivity contribution in [2.75, 3.05) is 33.6 Å². The first kappa shape index (κ1) is 25.5. The molecule has 0 N–H and O–H groups in total. The summed E-state index contributed by atoms with van der Waals surface area (Å²) in [4.78, 5) is 15.0. The van der Waals surface area contributed by atoms with Gasteiger partial charge in [-0.3, -0.25) is 4.79 Å². The Morgan fingerprint density at radius 1 is 1.03 bits per heavy atom. The Labute approximate surface area is 210 Å². The molecule has 1 aliphatic rings. The number of rotatable bonds is 12. The van der Waals surface area contributed by atoms with Crippen LogP contribution in [0.1, 0.15) is 16.9 Å². The van der Waals surface area contributed by atoms with Crippen LogP contribution >= 0.6 is 0 Å². The highest BCUT2D eigenvalue weighted by Crippen LogP contribution is 2.33. The second kappa shape index (κ2) is 11.9. The third-order valence-electron chi connectivity index (χ3n) is 5.54. The summed E-state index contributed by atoms with van der Waals surface area (Å²) >= 11 is 0. The molecular formula is C26H28N2O7S. The molecule has 0 saturated heterocycles. The maximum Gasteiger partial charge on any atom is 0.238 e. The summed E-state index contributed by atoms with van der Waals surface area (Å²) in [6.45, 7) is 0.383. The van der Waals surface area contributed by atoms with E-state index in [0.29, 0.717) is 17.3 Å². The van der Waals surface area contributed by atoms with E-state index in [1.54, 1.807) is 35.2 Å². The maximum absolute atomic E-state index is 13.5. The highest BCUT2D eigenvalue weighted by atomic mass is 32.2. The fraction of sp³-hybridized carbons (Fsp3) is 0.269. The van der Waals surface area contributed by atoms with Gasteiger partial charge in [-0.05, 0) is 41.5 Å². The van der Waals surface area contributed by atoms with Crippen LogP contribution in [0.5, 0.6) is 11.5 Å². The van der Waals surface area contributed by atoms with Crippen LogP contribution < -0.4 is 9.47 Å². The van der Waals surface area contributed by atoms with E-state index in [1.165, 1.54) is 19.4 Å². The molecule has 1 amide bonds. The molecule has 10 heteroatoms. The van der Waals surface area contributed by atoms with Gasteiger partial charge < -0.3 is 23.5 Å². The van der Waals surface area contributed by atoms with Crippen molar-refractivity contribution < 1.29 is 31.8 Å². The van der Waals surface area contributed by atoms with Crippen molar-refractivity contribution in [3.63, 3.8) is 0 Å². The molecule has 190 valence electrons. The van der Waals surface area contributed by atoms with Crippen LogP contribution in [0.25, 0.3) is 6.08 Å². The van der Waals surface area contributed by atoms with E-state index in [4.69, 9.17) is 18.6 Å². The van der Waals surface area contributed by atoms with Gasteiger partial charge in [0.2, 0.25) is 22.7 Å². The monoisotopic (exact) mass is 512 g/mol. The predicted octanol–water partition coefficient (Wildman–Crippen LogP) is 3.49. The molecule has 0 fully saturated rings. The van der Waals surface area contributed by atoms with Crippen LogP contribution in [0.2, 0.25) is 0 Å². The zero-order chi connectivity index (χ0) is 25.4. The summed E-state index contributed by atoms with van der Waals surface area (Å²) in [7, 11) is -2.42. The fourth-order valence-electron chi connectivity index (χ4n) is 3.64. The highest BCUT2D eigenvalue weighted by Gasteiger charge is 2.26. The van der Waals surface area contributed by atoms with Crippen LogP contribution in [0.4, 0.5) is 0 Å². The first-order valence-electron chi connectivity index (χ1n) is 11.4. The third kappa shape index (κ3) is 6.75. The summed E-state index contributed by atoms with van der Waals surface area (Å²) < 4.78 is 48.8. The zero-order valence-corrected chi connectivity index (χ0v) is 20.7. The summed E-state index contributed by atoms with van der Waals surface area (Å²) in [5.74, 6) is 1.45. The average molecular weight is 513 g/mol. The molecule has 3 aromatic rings. The molecule has 0 unspecified atom stereocenters. The Morgan fingerprint density at radius 3 is 2.58 bits per heavy atom. The van der Waals surface area contributed by atoms with Crippen LogP contribution in [-0.2, 0) is 32.6 Å². The van der Waals surface area contributed by atoms with Crippen molar-refractivity contribution in [1.82, 2.24) is 9.21 Å². The van der Waals surface area contributed by atoms with Crippen LogP contribution in [0, 0.1) is 0 Å². The van der Waals surface area contributed by atoms with Crippen molar-refractivity contribution in [2.45, 2.75) is 13.1 Å². The lowest BCUT2D eigenvalue weighted by Crippen LogP contribution is -2.43. The Morgan fingerprint density at radius 2 is 1.83 bits per heavy atom. The van der Waals surface area contributed by atoms with E-state index < -0.39 is 10.0 Å². The fourth-order valence-corrected chi connectivity index (χ4v) is 4.76. The summed E-state index contributed by atoms with van der Waals surface area (Å²) in [6, 6.07) is 18.0. The molecule has 4 rings (SSSR count). The number of sulfonamides is 1. The Kier molecular flexibility index (Phi) is 8.42. The molecular weight excluding hydrogens is 484 g/mol. The minimum Gasteiger partial charge on any atom is -0.467 e. The summed E-state index contributed by atoms with van der Waals surface area (Å²) in [5, 5.41) is 1.11. The SMILES string of the molecule is COCCN(CC(=O)N(Cc1ccc2c(c1)OCO2)Cc1ccco1)S(=O)(=O)C=Cc1ccccc1. The van der Waals surface area contributed by atoms with Crippen molar-refractivity contribution >= 4 is 22.0 Å². The standard InChI is InChI=1S/C26H28N2O7S/c1-32-14-12-28(36(30,31)15-11-21-6-3-2-4-7-21)19-26(29)27(18-23-8-5-13-33-23)17-22-9-10-24-25(16-22)35-20-34-24/h2-11,13,15-16H,12,14,17-20H2,1H3. The summed E-state index contributed by atoms with van der Waals surface area (Å²) in [6.07, 6.45) is 3.04. The molecule has 0 atom stereocenters. The molecule has 9 nitrogen and oxygen atoms in total. The van der Waals surface area contributed by atoms with Crippen molar-refractivity contribution in [1.29, 1.82) is 0 Å². The maximum atomic E-state index is 13.5. The second-order valence-corrected chi connectivity index (χ2v) is 9.92. The molecule has 2 aromatic carbocycles. The van der Waals surface area contributed by atoms with Gasteiger partial charge in [0.05, 0.1) is 26.0 Å². The number of carbonyl (C=O) groups is 1. The number of ether oxygens (including phenoxy) is 3. The van der Waals surface area contributed by atoms with E-state index >= 15 is 0 Å². The minimum atomic E-state index is -3.90. The van der Waals surface area contributed by atoms with E-state index in [-0.39, 0.29) is 45.5 Å². The Hall–Kier alpha value is -3.60. The minimum absolute atomic E-state index is 0.0301. The lowest BCUT2D eigenvalue weighted by molar-refractivity contribution is -0.133. The summed E-state index contributed by atoms with van der Waals surface area (Å²) in [5.41, 5.74) is 1.55. The number of methoxy groups -OCH3 is 1. The van der Waals surface area contributed by atoms with Crippen molar-refractivity contribution in [2.24, 2.45) is 0 Å². The molecule has 0 radical (unpaired) electrons. The Balaban J connectivity index is 1.53. The quantitative estimate of drug-likeness (QED) is 0.366. The number of hydrogen-bond acceptors (Lipinski definition) is 7. The van der Waals surface area contributed by atoms with E-state index in [2.05, 4.69) is 0 Å². The van der Waals surface area contributed by atoms with Crippen LogP contribution in [0.15, 0.2) is 76.8 Å². The first-order valence-corrected chi connectivity index (χ1v) is 12.9. The van der Waals surface area contributed by atoms with Crippen LogP contribution in [0.3, 0.4) is 0 Å². The Bertz CT molecular complexity index is 1270. The van der Waals surface area contributed by atoms with Gasteiger partial charge in [0.1, 0.15) is 5.76 Å². The van der Waals surface area contributed by atoms with Gasteiger partial charge in [0.15, 0.2) is 11.5 Å². The third-order valence-corrected chi connectivity index (χ3v) is 7.05. The largest absolute Gasteiger partial charge is 0.467 e. The van der Waals surface area contributed by atoms with Gasteiger partial charge in [0.25, 0.3) is 0 Å². The number of carbonyl (C=O) groups excluding carboxylic acids is 1. The topological polar surface area (TPSA) is 98.5 Å². The van der Waals surface area contributed by atoms with E-state index in [9.17, 15) is 13.2 Å². The smallest absolute Gasteiger partial charge is 0.238 e. The number of amides is 1. The molecule has 1 aliphatic heterocycles. The molecule has 0 spiro atoms. The van der Waals surface area contributed by atoms with Gasteiger partial charge in [-0.2, -0.15) is 4.31 Å². The van der Waals surface area contributed by atoms with E-state index in [1.807, 2.05) is 30.3 Å². The number of benzene rings is 2. The molecule has 0 aliphatic carbocycles. The number of furan rings is 1. The molecule has 0 saturated carbocycles. The van der Waals surface area contributed by atoms with Gasteiger partial charge in [-0.25, -0.2) is 8.42 Å².